The minimum atomic E-state index is -0.153. The number of aryl methyl sites for hydroxylation is 1. The number of methoxy groups -OCH3 is 1. The van der Waals surface area contributed by atoms with Crippen LogP contribution in [0.4, 0.5) is 5.69 Å². The largest absolute Gasteiger partial charge is 0.383 e. The van der Waals surface area contributed by atoms with Crippen molar-refractivity contribution in [3.63, 3.8) is 0 Å². The summed E-state index contributed by atoms with van der Waals surface area (Å²) >= 11 is 5.57. The summed E-state index contributed by atoms with van der Waals surface area (Å²) in [5.74, 6) is 0.558. The number of hydrogen-bond acceptors (Lipinski definition) is 4. The van der Waals surface area contributed by atoms with E-state index >= 15 is 0 Å². The quantitative estimate of drug-likeness (QED) is 0.639. The lowest BCUT2D eigenvalue weighted by molar-refractivity contribution is 0.174. The van der Waals surface area contributed by atoms with Gasteiger partial charge in [0.1, 0.15) is 5.82 Å². The van der Waals surface area contributed by atoms with Crippen LogP contribution in [0.1, 0.15) is 11.4 Å². The lowest BCUT2D eigenvalue weighted by atomic mass is 10.2. The molecule has 2 aromatic carbocycles. The Labute approximate surface area is 163 Å². The highest BCUT2D eigenvalue weighted by Crippen LogP contribution is 2.12. The molecule has 7 heteroatoms. The fourth-order valence-electron chi connectivity index (χ4n) is 2.68. The zero-order valence-corrected chi connectivity index (χ0v) is 16.2. The number of hydrogen-bond donors (Lipinski definition) is 2. The first-order valence-electron chi connectivity index (χ1n) is 8.66. The Morgan fingerprint density at radius 2 is 1.96 bits per heavy atom. The van der Waals surface area contributed by atoms with E-state index in [2.05, 4.69) is 15.3 Å². The molecule has 0 saturated carbocycles. The van der Waals surface area contributed by atoms with Gasteiger partial charge in [0.05, 0.1) is 24.1 Å². The molecule has 0 aliphatic rings. The molecule has 0 fully saturated rings. The van der Waals surface area contributed by atoms with E-state index < -0.39 is 0 Å². The SMILES string of the molecule is COCCN(Cc1nc2ccccc2c(=O)[nH]1)C(=S)Nc1ccc(C)cc1. The summed E-state index contributed by atoms with van der Waals surface area (Å²) in [6.45, 7) is 3.49. The Morgan fingerprint density at radius 1 is 1.22 bits per heavy atom. The van der Waals surface area contributed by atoms with Crippen LogP contribution in [0.2, 0.25) is 0 Å². The van der Waals surface area contributed by atoms with Gasteiger partial charge in [-0.3, -0.25) is 4.79 Å². The van der Waals surface area contributed by atoms with E-state index in [0.29, 0.717) is 41.5 Å². The average Bonchev–Trinajstić information content (AvgIpc) is 2.67. The summed E-state index contributed by atoms with van der Waals surface area (Å²) in [4.78, 5) is 21.6. The summed E-state index contributed by atoms with van der Waals surface area (Å²) in [6.07, 6.45) is 0. The molecule has 0 unspecified atom stereocenters. The standard InChI is InChI=1S/C20H22N4O2S/c1-14-7-9-15(10-8-14)21-20(27)24(11-12-26-2)13-18-22-17-6-4-3-5-16(17)19(25)23-18/h3-10H,11-13H2,1-2H3,(H,21,27)(H,22,23,25). The zero-order valence-electron chi connectivity index (χ0n) is 15.4. The highest BCUT2D eigenvalue weighted by molar-refractivity contribution is 7.80. The smallest absolute Gasteiger partial charge is 0.258 e. The van der Waals surface area contributed by atoms with Gasteiger partial charge >= 0.3 is 0 Å². The summed E-state index contributed by atoms with van der Waals surface area (Å²) in [6, 6.07) is 15.3. The Bertz CT molecular complexity index is 985. The van der Waals surface area contributed by atoms with Crippen LogP contribution in [-0.2, 0) is 11.3 Å². The predicted molar refractivity (Wildman–Crippen MR) is 112 cm³/mol. The third-order valence-corrected chi connectivity index (χ3v) is 4.52. The van der Waals surface area contributed by atoms with Gasteiger partial charge in [-0.2, -0.15) is 0 Å². The molecule has 0 aliphatic carbocycles. The van der Waals surface area contributed by atoms with E-state index in [-0.39, 0.29) is 5.56 Å². The van der Waals surface area contributed by atoms with E-state index in [1.807, 2.05) is 54.3 Å². The van der Waals surface area contributed by atoms with E-state index in [4.69, 9.17) is 17.0 Å². The zero-order chi connectivity index (χ0) is 19.2. The van der Waals surface area contributed by atoms with Gasteiger partial charge in [0.25, 0.3) is 5.56 Å². The number of fused-ring (bicyclic) bond motifs is 1. The Balaban J connectivity index is 1.81. The highest BCUT2D eigenvalue weighted by atomic mass is 32.1. The van der Waals surface area contributed by atoms with Crippen LogP contribution in [0.25, 0.3) is 10.9 Å². The van der Waals surface area contributed by atoms with Crippen molar-refractivity contribution in [1.29, 1.82) is 0 Å². The third kappa shape index (κ3) is 4.90. The van der Waals surface area contributed by atoms with Crippen LogP contribution in [0.3, 0.4) is 0 Å². The van der Waals surface area contributed by atoms with Crippen LogP contribution in [0, 0.1) is 6.92 Å². The molecule has 0 amide bonds. The molecule has 0 saturated heterocycles. The molecule has 1 heterocycles. The van der Waals surface area contributed by atoms with Gasteiger partial charge in [0, 0.05) is 19.3 Å². The van der Waals surface area contributed by atoms with E-state index in [1.165, 1.54) is 5.56 Å². The van der Waals surface area contributed by atoms with Crippen LogP contribution >= 0.6 is 12.2 Å². The minimum absolute atomic E-state index is 0.153. The molecular weight excluding hydrogens is 360 g/mol. The minimum Gasteiger partial charge on any atom is -0.383 e. The monoisotopic (exact) mass is 382 g/mol. The normalized spacial score (nSPS) is 10.7. The van der Waals surface area contributed by atoms with Gasteiger partial charge in [-0.1, -0.05) is 29.8 Å². The number of thiocarbonyl (C=S) groups is 1. The van der Waals surface area contributed by atoms with Gasteiger partial charge < -0.3 is 19.9 Å². The maximum Gasteiger partial charge on any atom is 0.258 e. The fourth-order valence-corrected chi connectivity index (χ4v) is 2.96. The van der Waals surface area contributed by atoms with Crippen molar-refractivity contribution < 1.29 is 4.74 Å². The molecule has 27 heavy (non-hydrogen) atoms. The molecule has 1 aromatic heterocycles. The number of nitrogens with one attached hydrogen (secondary N) is 2. The second-order valence-corrected chi connectivity index (χ2v) is 6.63. The number of para-hydroxylation sites is 1. The molecule has 140 valence electrons. The number of benzene rings is 2. The lowest BCUT2D eigenvalue weighted by Gasteiger charge is -2.25. The van der Waals surface area contributed by atoms with E-state index in [0.717, 1.165) is 5.69 Å². The number of H-pyrrole nitrogens is 1. The van der Waals surface area contributed by atoms with E-state index in [9.17, 15) is 4.79 Å². The number of rotatable bonds is 6. The second kappa shape index (κ2) is 8.75. The van der Waals surface area contributed by atoms with Crippen molar-refractivity contribution >= 4 is 33.9 Å². The third-order valence-electron chi connectivity index (χ3n) is 4.16. The Kier molecular flexibility index (Phi) is 6.16. The highest BCUT2D eigenvalue weighted by Gasteiger charge is 2.13. The number of aromatic amines is 1. The lowest BCUT2D eigenvalue weighted by Crippen LogP contribution is -2.37. The van der Waals surface area contributed by atoms with Crippen molar-refractivity contribution in [2.24, 2.45) is 0 Å². The Morgan fingerprint density at radius 3 is 2.70 bits per heavy atom. The van der Waals surface area contributed by atoms with Gasteiger partial charge in [-0.05, 0) is 43.4 Å². The molecule has 3 rings (SSSR count). The first-order chi connectivity index (χ1) is 13.1. The Hall–Kier alpha value is -2.77. The molecule has 6 nitrogen and oxygen atoms in total. The topological polar surface area (TPSA) is 70.2 Å². The maximum atomic E-state index is 12.3. The number of ether oxygens (including phenoxy) is 1. The second-order valence-electron chi connectivity index (χ2n) is 6.24. The van der Waals surface area contributed by atoms with Crippen molar-refractivity contribution in [2.45, 2.75) is 13.5 Å². The predicted octanol–water partition coefficient (Wildman–Crippen LogP) is 3.08. The molecule has 0 atom stereocenters. The summed E-state index contributed by atoms with van der Waals surface area (Å²) in [7, 11) is 1.64. The molecule has 0 radical (unpaired) electrons. The molecule has 3 aromatic rings. The first-order valence-corrected chi connectivity index (χ1v) is 9.07. The van der Waals surface area contributed by atoms with Crippen LogP contribution < -0.4 is 10.9 Å². The van der Waals surface area contributed by atoms with Crippen LogP contribution in [0.5, 0.6) is 0 Å². The summed E-state index contributed by atoms with van der Waals surface area (Å²) in [5.41, 5.74) is 2.61. The van der Waals surface area contributed by atoms with E-state index in [1.54, 1.807) is 13.2 Å². The fraction of sp³-hybridized carbons (Fsp3) is 0.250. The van der Waals surface area contributed by atoms with Gasteiger partial charge in [0.2, 0.25) is 0 Å². The van der Waals surface area contributed by atoms with Crippen molar-refractivity contribution in [3.8, 4) is 0 Å². The number of aromatic nitrogens is 2. The van der Waals surface area contributed by atoms with Gasteiger partial charge in [-0.15, -0.1) is 0 Å². The molecular formula is C20H22N4O2S. The van der Waals surface area contributed by atoms with Gasteiger partial charge in [0.15, 0.2) is 5.11 Å². The van der Waals surface area contributed by atoms with Crippen LogP contribution in [-0.4, -0.2) is 40.2 Å². The van der Waals surface area contributed by atoms with Crippen molar-refractivity contribution in [3.05, 3.63) is 70.3 Å². The van der Waals surface area contributed by atoms with Crippen LogP contribution in [0.15, 0.2) is 53.3 Å². The molecule has 2 N–H and O–H groups in total. The first kappa shape index (κ1) is 19.0. The number of anilines is 1. The number of nitrogens with zero attached hydrogens (tertiary/aromatic N) is 2. The van der Waals surface area contributed by atoms with Gasteiger partial charge in [-0.25, -0.2) is 4.98 Å². The van der Waals surface area contributed by atoms with Crippen molar-refractivity contribution in [2.75, 3.05) is 25.6 Å². The maximum absolute atomic E-state index is 12.3. The average molecular weight is 382 g/mol. The molecule has 0 aliphatic heterocycles. The van der Waals surface area contributed by atoms with Crippen molar-refractivity contribution in [1.82, 2.24) is 14.9 Å². The molecule has 0 bridgehead atoms. The summed E-state index contributed by atoms with van der Waals surface area (Å²) in [5, 5.41) is 4.35. The summed E-state index contributed by atoms with van der Waals surface area (Å²) < 4.78 is 5.20. The molecule has 0 spiro atoms.